The lowest BCUT2D eigenvalue weighted by atomic mass is 10.0. The zero-order chi connectivity index (χ0) is 23.1. The fraction of sp³-hybridized carbons (Fsp3) is 0.458. The van der Waals surface area contributed by atoms with Crippen molar-refractivity contribution in [1.82, 2.24) is 19.8 Å². The third-order valence-electron chi connectivity index (χ3n) is 5.83. The van der Waals surface area contributed by atoms with E-state index in [0.717, 1.165) is 42.9 Å². The number of H-pyrrole nitrogens is 1. The predicted molar refractivity (Wildman–Crippen MR) is 130 cm³/mol. The van der Waals surface area contributed by atoms with Crippen LogP contribution in [0.15, 0.2) is 47.5 Å². The topological polar surface area (TPSA) is 84.6 Å². The highest BCUT2D eigenvalue weighted by Gasteiger charge is 2.27. The van der Waals surface area contributed by atoms with E-state index >= 15 is 0 Å². The van der Waals surface area contributed by atoms with Gasteiger partial charge in [-0.1, -0.05) is 6.08 Å². The maximum Gasteiger partial charge on any atom is 0.271 e. The third kappa shape index (κ3) is 5.76. The van der Waals surface area contributed by atoms with Crippen molar-refractivity contribution in [2.45, 2.75) is 25.8 Å². The van der Waals surface area contributed by atoms with Crippen molar-refractivity contribution in [3.8, 4) is 11.1 Å². The van der Waals surface area contributed by atoms with E-state index in [1.807, 2.05) is 55.2 Å². The van der Waals surface area contributed by atoms with Gasteiger partial charge in [0.2, 0.25) is 5.91 Å². The summed E-state index contributed by atoms with van der Waals surface area (Å²) >= 11 is 0. The summed E-state index contributed by atoms with van der Waals surface area (Å²) in [6.45, 7) is 4.93. The number of hydrogen-bond acceptors (Lipinski definition) is 6. The fourth-order valence-corrected chi connectivity index (χ4v) is 4.09. The van der Waals surface area contributed by atoms with Crippen LogP contribution in [0.3, 0.4) is 0 Å². The van der Waals surface area contributed by atoms with Crippen LogP contribution in [0.2, 0.25) is 0 Å². The largest absolute Gasteiger partial charge is 0.373 e. The van der Waals surface area contributed by atoms with Gasteiger partial charge >= 0.3 is 0 Å². The number of aromatic amines is 1. The van der Waals surface area contributed by atoms with E-state index in [-0.39, 0.29) is 17.5 Å². The first-order valence-corrected chi connectivity index (χ1v) is 11.2. The van der Waals surface area contributed by atoms with Crippen molar-refractivity contribution >= 4 is 17.4 Å². The standard InChI is InChI=1S/C24H34N6O2/c1-5-30(20-9-13-29(14-10-20)23(31)7-6-12-28(3)4)21-15-19(17-27-24(21)32)18-8-11-26-22(16-18)25-2/h6-8,11,15-17,20H,5,9-10,12-14H2,1-4H3,(H,25,26)(H,27,32). The maximum atomic E-state index is 12.7. The van der Waals surface area contributed by atoms with Gasteiger partial charge in [0.25, 0.3) is 5.56 Å². The smallest absolute Gasteiger partial charge is 0.271 e. The molecular formula is C24H34N6O2. The first kappa shape index (κ1) is 23.5. The van der Waals surface area contributed by atoms with Crippen LogP contribution in [0.4, 0.5) is 11.5 Å². The SMILES string of the molecule is CCN(c1cc(-c2ccnc(NC)c2)c[nH]c1=O)C1CCN(C(=O)C=CCN(C)C)CC1. The van der Waals surface area contributed by atoms with E-state index in [4.69, 9.17) is 0 Å². The Kier molecular flexibility index (Phi) is 8.05. The van der Waals surface area contributed by atoms with Crippen LogP contribution >= 0.6 is 0 Å². The summed E-state index contributed by atoms with van der Waals surface area (Å²) < 4.78 is 0. The molecule has 1 aliphatic rings. The average molecular weight is 439 g/mol. The van der Waals surface area contributed by atoms with Crippen LogP contribution < -0.4 is 15.8 Å². The van der Waals surface area contributed by atoms with E-state index in [1.165, 1.54) is 0 Å². The zero-order valence-corrected chi connectivity index (χ0v) is 19.5. The molecule has 1 amide bonds. The summed E-state index contributed by atoms with van der Waals surface area (Å²) in [5.41, 5.74) is 2.51. The van der Waals surface area contributed by atoms with Gasteiger partial charge < -0.3 is 25.0 Å². The molecule has 0 aliphatic carbocycles. The van der Waals surface area contributed by atoms with Crippen molar-refractivity contribution in [1.29, 1.82) is 0 Å². The van der Waals surface area contributed by atoms with Crippen LogP contribution in [-0.4, -0.2) is 79.0 Å². The van der Waals surface area contributed by atoms with Gasteiger partial charge in [-0.3, -0.25) is 9.59 Å². The van der Waals surface area contributed by atoms with Gasteiger partial charge in [0.1, 0.15) is 11.5 Å². The molecule has 8 nitrogen and oxygen atoms in total. The number of amides is 1. The molecule has 0 saturated carbocycles. The molecule has 1 aliphatic heterocycles. The predicted octanol–water partition coefficient (Wildman–Crippen LogP) is 2.41. The number of carbonyl (C=O) groups excluding carboxylic acids is 1. The highest BCUT2D eigenvalue weighted by molar-refractivity contribution is 5.87. The van der Waals surface area contributed by atoms with Gasteiger partial charge in [-0.05, 0) is 57.6 Å². The Morgan fingerprint density at radius 1 is 1.28 bits per heavy atom. The van der Waals surface area contributed by atoms with Crippen molar-refractivity contribution in [2.24, 2.45) is 0 Å². The second-order valence-electron chi connectivity index (χ2n) is 8.29. The summed E-state index contributed by atoms with van der Waals surface area (Å²) in [6, 6.07) is 6.07. The van der Waals surface area contributed by atoms with E-state index in [0.29, 0.717) is 18.8 Å². The molecular weight excluding hydrogens is 404 g/mol. The summed E-state index contributed by atoms with van der Waals surface area (Å²) in [4.78, 5) is 38.4. The number of rotatable bonds is 8. The number of carbonyl (C=O) groups is 1. The molecule has 2 aromatic heterocycles. The van der Waals surface area contributed by atoms with Gasteiger partial charge in [-0.2, -0.15) is 0 Å². The van der Waals surface area contributed by atoms with E-state index in [9.17, 15) is 9.59 Å². The minimum atomic E-state index is -0.0939. The number of pyridine rings is 2. The third-order valence-corrected chi connectivity index (χ3v) is 5.83. The van der Waals surface area contributed by atoms with E-state index in [1.54, 1.807) is 18.5 Å². The quantitative estimate of drug-likeness (QED) is 0.616. The van der Waals surface area contributed by atoms with Crippen molar-refractivity contribution in [2.75, 3.05) is 57.5 Å². The Bertz CT molecular complexity index is 992. The number of anilines is 2. The minimum absolute atomic E-state index is 0.0613. The Labute approximate surface area is 189 Å². The number of piperidine rings is 1. The summed E-state index contributed by atoms with van der Waals surface area (Å²) in [5.74, 6) is 0.838. The molecule has 172 valence electrons. The normalized spacial score (nSPS) is 14.8. The second kappa shape index (κ2) is 10.9. The van der Waals surface area contributed by atoms with Crippen LogP contribution in [0.1, 0.15) is 19.8 Å². The lowest BCUT2D eigenvalue weighted by Crippen LogP contribution is -2.47. The van der Waals surface area contributed by atoms with Crippen molar-refractivity contribution in [3.63, 3.8) is 0 Å². The van der Waals surface area contributed by atoms with Gasteiger partial charge in [0, 0.05) is 63.3 Å². The summed E-state index contributed by atoms with van der Waals surface area (Å²) in [5, 5.41) is 3.05. The first-order chi connectivity index (χ1) is 15.4. The Morgan fingerprint density at radius 2 is 2.03 bits per heavy atom. The Balaban J connectivity index is 1.73. The van der Waals surface area contributed by atoms with Crippen molar-refractivity contribution in [3.05, 3.63) is 53.1 Å². The summed E-state index contributed by atoms with van der Waals surface area (Å²) in [6.07, 6.45) is 8.74. The molecule has 32 heavy (non-hydrogen) atoms. The number of likely N-dealkylation sites (tertiary alicyclic amines) is 1. The van der Waals surface area contributed by atoms with Gasteiger partial charge in [0.15, 0.2) is 0 Å². The van der Waals surface area contributed by atoms with Crippen LogP contribution in [0.5, 0.6) is 0 Å². The maximum absolute atomic E-state index is 12.7. The molecule has 0 atom stereocenters. The van der Waals surface area contributed by atoms with E-state index < -0.39 is 0 Å². The molecule has 2 aromatic rings. The lowest BCUT2D eigenvalue weighted by molar-refractivity contribution is -0.127. The first-order valence-electron chi connectivity index (χ1n) is 11.2. The van der Waals surface area contributed by atoms with Crippen LogP contribution in [0.25, 0.3) is 11.1 Å². The Morgan fingerprint density at radius 3 is 2.69 bits per heavy atom. The highest BCUT2D eigenvalue weighted by atomic mass is 16.2. The molecule has 0 aromatic carbocycles. The number of likely N-dealkylation sites (N-methyl/N-ethyl adjacent to an activating group) is 1. The van der Waals surface area contributed by atoms with Crippen LogP contribution in [0, 0.1) is 0 Å². The second-order valence-corrected chi connectivity index (χ2v) is 8.29. The van der Waals surface area contributed by atoms with Crippen molar-refractivity contribution < 1.29 is 4.79 Å². The number of hydrogen-bond donors (Lipinski definition) is 2. The monoisotopic (exact) mass is 438 g/mol. The zero-order valence-electron chi connectivity index (χ0n) is 19.5. The molecule has 0 spiro atoms. The molecule has 0 bridgehead atoms. The van der Waals surface area contributed by atoms with Crippen LogP contribution in [-0.2, 0) is 4.79 Å². The molecule has 0 unspecified atom stereocenters. The average Bonchev–Trinajstić information content (AvgIpc) is 2.81. The Hall–Kier alpha value is -3.13. The number of nitrogens with one attached hydrogen (secondary N) is 2. The molecule has 1 saturated heterocycles. The van der Waals surface area contributed by atoms with E-state index in [2.05, 4.69) is 27.1 Å². The molecule has 3 rings (SSSR count). The van der Waals surface area contributed by atoms with Gasteiger partial charge in [-0.15, -0.1) is 0 Å². The van der Waals surface area contributed by atoms with Gasteiger partial charge in [0.05, 0.1) is 0 Å². The molecule has 1 fully saturated rings. The number of aromatic nitrogens is 2. The van der Waals surface area contributed by atoms with Gasteiger partial charge in [-0.25, -0.2) is 4.98 Å². The summed E-state index contributed by atoms with van der Waals surface area (Å²) in [7, 11) is 5.79. The number of nitrogens with zero attached hydrogens (tertiary/aromatic N) is 4. The molecule has 0 radical (unpaired) electrons. The lowest BCUT2D eigenvalue weighted by Gasteiger charge is -2.38. The highest BCUT2D eigenvalue weighted by Crippen LogP contribution is 2.26. The molecule has 8 heteroatoms. The molecule has 2 N–H and O–H groups in total. The minimum Gasteiger partial charge on any atom is -0.373 e. The fourth-order valence-electron chi connectivity index (χ4n) is 4.09. The molecule has 3 heterocycles.